The minimum Gasteiger partial charge on any atom is -0.478 e. The Morgan fingerprint density at radius 3 is 2.70 bits per heavy atom. The Kier molecular flexibility index (Phi) is 5.01. The fourth-order valence-corrected chi connectivity index (χ4v) is 2.48. The van der Waals surface area contributed by atoms with Gasteiger partial charge in [0.1, 0.15) is 0 Å². The molecule has 0 bridgehead atoms. The van der Waals surface area contributed by atoms with Crippen molar-refractivity contribution in [3.05, 3.63) is 34.4 Å². The SMILES string of the molecule is O=C(CC1CCC1)NCC1=CCC=C(Cl)C(C(=O)O)=C1. The van der Waals surface area contributed by atoms with Gasteiger partial charge in [0.15, 0.2) is 0 Å². The Hall–Kier alpha value is -1.55. The van der Waals surface area contributed by atoms with Gasteiger partial charge in [-0.25, -0.2) is 4.79 Å². The van der Waals surface area contributed by atoms with Gasteiger partial charge in [0.05, 0.1) is 10.6 Å². The summed E-state index contributed by atoms with van der Waals surface area (Å²) in [5, 5.41) is 12.2. The van der Waals surface area contributed by atoms with Crippen LogP contribution in [0.2, 0.25) is 0 Å². The van der Waals surface area contributed by atoms with Crippen molar-refractivity contribution < 1.29 is 14.7 Å². The third-order valence-electron chi connectivity index (χ3n) is 3.68. The van der Waals surface area contributed by atoms with Crippen LogP contribution < -0.4 is 5.32 Å². The average molecular weight is 296 g/mol. The van der Waals surface area contributed by atoms with E-state index in [4.69, 9.17) is 16.7 Å². The minimum absolute atomic E-state index is 0.0316. The second-order valence-corrected chi connectivity index (χ2v) is 5.61. The molecule has 0 radical (unpaired) electrons. The molecule has 0 aromatic carbocycles. The van der Waals surface area contributed by atoms with E-state index in [-0.39, 0.29) is 16.5 Å². The molecule has 0 heterocycles. The Balaban J connectivity index is 1.90. The molecule has 2 aliphatic carbocycles. The topological polar surface area (TPSA) is 66.4 Å². The lowest BCUT2D eigenvalue weighted by Crippen LogP contribution is -2.29. The number of hydrogen-bond acceptors (Lipinski definition) is 2. The maximum absolute atomic E-state index is 11.7. The third kappa shape index (κ3) is 3.97. The van der Waals surface area contributed by atoms with E-state index in [0.717, 1.165) is 18.4 Å². The van der Waals surface area contributed by atoms with Crippen LogP contribution in [0.4, 0.5) is 0 Å². The van der Waals surface area contributed by atoms with E-state index < -0.39 is 5.97 Å². The third-order valence-corrected chi connectivity index (χ3v) is 4.04. The number of allylic oxidation sites excluding steroid dienone is 2. The highest BCUT2D eigenvalue weighted by atomic mass is 35.5. The monoisotopic (exact) mass is 295 g/mol. The molecule has 5 heteroatoms. The number of hydrogen-bond donors (Lipinski definition) is 2. The highest BCUT2D eigenvalue weighted by molar-refractivity contribution is 6.35. The molecule has 0 unspecified atom stereocenters. The molecule has 2 rings (SSSR count). The molecule has 0 saturated heterocycles. The highest BCUT2D eigenvalue weighted by Gasteiger charge is 2.20. The predicted molar refractivity (Wildman–Crippen MR) is 77.3 cm³/mol. The molecule has 0 atom stereocenters. The van der Waals surface area contributed by atoms with Crippen LogP contribution in [0.3, 0.4) is 0 Å². The van der Waals surface area contributed by atoms with Crippen molar-refractivity contribution in [3.63, 3.8) is 0 Å². The normalized spacial score (nSPS) is 19.1. The number of carbonyl (C=O) groups excluding carboxylic acids is 1. The largest absolute Gasteiger partial charge is 0.478 e. The van der Waals surface area contributed by atoms with Gasteiger partial charge >= 0.3 is 5.97 Å². The lowest BCUT2D eigenvalue weighted by molar-refractivity contribution is -0.132. The molecule has 20 heavy (non-hydrogen) atoms. The number of carboxylic acid groups (broad SMARTS) is 1. The molecular formula is C15H18ClNO3. The number of halogens is 1. The van der Waals surface area contributed by atoms with Crippen molar-refractivity contribution in [3.8, 4) is 0 Å². The molecule has 0 aliphatic heterocycles. The summed E-state index contributed by atoms with van der Waals surface area (Å²) < 4.78 is 0. The Morgan fingerprint density at radius 1 is 1.35 bits per heavy atom. The van der Waals surface area contributed by atoms with Crippen LogP contribution in [0, 0.1) is 5.92 Å². The molecule has 0 aromatic heterocycles. The second-order valence-electron chi connectivity index (χ2n) is 5.21. The quantitative estimate of drug-likeness (QED) is 0.819. The summed E-state index contributed by atoms with van der Waals surface area (Å²) in [7, 11) is 0. The number of carbonyl (C=O) groups is 2. The van der Waals surface area contributed by atoms with Crippen LogP contribution in [0.1, 0.15) is 32.1 Å². The van der Waals surface area contributed by atoms with Gasteiger partial charge in [0.25, 0.3) is 0 Å². The molecule has 1 saturated carbocycles. The maximum Gasteiger partial charge on any atom is 0.337 e. The van der Waals surface area contributed by atoms with Crippen LogP contribution in [0.25, 0.3) is 0 Å². The van der Waals surface area contributed by atoms with Crippen LogP contribution in [0.5, 0.6) is 0 Å². The summed E-state index contributed by atoms with van der Waals surface area (Å²) in [6.07, 6.45) is 9.70. The van der Waals surface area contributed by atoms with Crippen molar-refractivity contribution in [1.29, 1.82) is 0 Å². The zero-order valence-corrected chi connectivity index (χ0v) is 11.9. The van der Waals surface area contributed by atoms with Crippen LogP contribution in [0.15, 0.2) is 34.4 Å². The lowest BCUT2D eigenvalue weighted by atomic mass is 9.83. The molecule has 4 nitrogen and oxygen atoms in total. The molecule has 0 spiro atoms. The molecule has 0 aromatic rings. The van der Waals surface area contributed by atoms with E-state index >= 15 is 0 Å². The summed E-state index contributed by atoms with van der Waals surface area (Å²) in [5.74, 6) is -0.497. The molecule has 2 aliphatic rings. The van der Waals surface area contributed by atoms with Gasteiger partial charge in [-0.15, -0.1) is 0 Å². The minimum atomic E-state index is -1.06. The van der Waals surface area contributed by atoms with E-state index in [1.165, 1.54) is 12.5 Å². The smallest absolute Gasteiger partial charge is 0.337 e. The second kappa shape index (κ2) is 6.75. The van der Waals surface area contributed by atoms with E-state index in [1.54, 1.807) is 6.08 Å². The predicted octanol–water partition coefficient (Wildman–Crippen LogP) is 2.76. The number of amides is 1. The van der Waals surface area contributed by atoms with Crippen molar-refractivity contribution in [2.24, 2.45) is 5.92 Å². The fraction of sp³-hybridized carbons (Fsp3) is 0.467. The van der Waals surface area contributed by atoms with Gasteiger partial charge in [-0.2, -0.15) is 0 Å². The highest BCUT2D eigenvalue weighted by Crippen LogP contribution is 2.29. The van der Waals surface area contributed by atoms with Crippen molar-refractivity contribution in [2.75, 3.05) is 6.54 Å². The van der Waals surface area contributed by atoms with Gasteiger partial charge in [-0.3, -0.25) is 4.79 Å². The Morgan fingerprint density at radius 2 is 2.10 bits per heavy atom. The molecule has 108 valence electrons. The summed E-state index contributed by atoms with van der Waals surface area (Å²) in [6.45, 7) is 0.348. The maximum atomic E-state index is 11.7. The van der Waals surface area contributed by atoms with E-state index in [9.17, 15) is 9.59 Å². The molecular weight excluding hydrogens is 278 g/mol. The zero-order valence-electron chi connectivity index (χ0n) is 11.2. The first-order chi connectivity index (χ1) is 9.56. The van der Waals surface area contributed by atoms with Gasteiger partial charge in [0, 0.05) is 13.0 Å². The van der Waals surface area contributed by atoms with Gasteiger partial charge < -0.3 is 10.4 Å². The summed E-state index contributed by atoms with van der Waals surface area (Å²) >= 11 is 5.90. The zero-order chi connectivity index (χ0) is 14.5. The first kappa shape index (κ1) is 14.9. The molecule has 2 N–H and O–H groups in total. The summed E-state index contributed by atoms with van der Waals surface area (Å²) in [4.78, 5) is 22.8. The van der Waals surface area contributed by atoms with Gasteiger partial charge in [-0.05, 0) is 36.8 Å². The lowest BCUT2D eigenvalue weighted by Gasteiger charge is -2.24. The number of rotatable bonds is 5. The number of aliphatic carboxylic acids is 1. The first-order valence-electron chi connectivity index (χ1n) is 6.83. The summed E-state index contributed by atoms with van der Waals surface area (Å²) in [6, 6.07) is 0. The standard InChI is InChI=1S/C15H18ClNO3/c16-13-6-2-5-11(7-12(13)15(19)20)9-17-14(18)8-10-3-1-4-10/h5-7,10H,1-4,8-9H2,(H,17,18)(H,19,20). The van der Waals surface area contributed by atoms with Crippen molar-refractivity contribution in [2.45, 2.75) is 32.1 Å². The van der Waals surface area contributed by atoms with Crippen molar-refractivity contribution >= 4 is 23.5 Å². The number of nitrogens with one attached hydrogen (secondary N) is 1. The Bertz CT molecular complexity index is 501. The van der Waals surface area contributed by atoms with E-state index in [0.29, 0.717) is 25.3 Å². The van der Waals surface area contributed by atoms with Crippen LogP contribution in [-0.2, 0) is 9.59 Å². The first-order valence-corrected chi connectivity index (χ1v) is 7.21. The Labute approximate surface area is 123 Å². The van der Waals surface area contributed by atoms with Gasteiger partial charge in [0.2, 0.25) is 5.91 Å². The van der Waals surface area contributed by atoms with Crippen molar-refractivity contribution in [1.82, 2.24) is 5.32 Å². The average Bonchev–Trinajstić information content (AvgIpc) is 2.53. The number of carboxylic acids is 1. The van der Waals surface area contributed by atoms with E-state index in [2.05, 4.69) is 5.32 Å². The molecule has 1 amide bonds. The van der Waals surface area contributed by atoms with Crippen LogP contribution >= 0.6 is 11.6 Å². The fourth-order valence-electron chi connectivity index (χ4n) is 2.26. The summed E-state index contributed by atoms with van der Waals surface area (Å²) in [5.41, 5.74) is 0.847. The van der Waals surface area contributed by atoms with Crippen LogP contribution in [-0.4, -0.2) is 23.5 Å². The van der Waals surface area contributed by atoms with Gasteiger partial charge in [-0.1, -0.05) is 30.2 Å². The molecule has 1 fully saturated rings. The van der Waals surface area contributed by atoms with E-state index in [1.807, 2.05) is 6.08 Å².